The van der Waals surface area contributed by atoms with Crippen molar-refractivity contribution in [3.05, 3.63) is 22.2 Å². The molecule has 1 heterocycles. The number of hydrogen-bond donors (Lipinski definition) is 0. The molecular weight excluding hydrogens is 216 g/mol. The third kappa shape index (κ3) is 1.78. The predicted molar refractivity (Wildman–Crippen MR) is 37.1 cm³/mol. The highest BCUT2D eigenvalue weighted by molar-refractivity contribution is 6.41. The zero-order valence-electron chi connectivity index (χ0n) is 5.36. The minimum Gasteiger partial charge on any atom is -0.230 e. The summed E-state index contributed by atoms with van der Waals surface area (Å²) in [5, 5.41) is -1.08. The van der Waals surface area contributed by atoms with Crippen LogP contribution in [0.5, 0.6) is 0 Å². The smallest absolute Gasteiger partial charge is 0.230 e. The van der Waals surface area contributed by atoms with Gasteiger partial charge >= 0.3 is 6.18 Å². The van der Waals surface area contributed by atoms with Crippen LogP contribution < -0.4 is 0 Å². The van der Waals surface area contributed by atoms with E-state index in [2.05, 4.69) is 9.97 Å². The van der Waals surface area contributed by atoms with Gasteiger partial charge in [-0.2, -0.15) is 13.2 Å². The van der Waals surface area contributed by atoms with Crippen molar-refractivity contribution >= 4 is 23.2 Å². The molecule has 0 radical (unpaired) electrons. The van der Waals surface area contributed by atoms with Gasteiger partial charge in [0.25, 0.3) is 0 Å². The summed E-state index contributed by atoms with van der Waals surface area (Å²) in [5.74, 6) is 0. The topological polar surface area (TPSA) is 25.8 Å². The third-order valence-corrected chi connectivity index (χ3v) is 1.76. The van der Waals surface area contributed by atoms with E-state index in [1.54, 1.807) is 0 Å². The first kappa shape index (κ1) is 9.54. The lowest BCUT2D eigenvalue weighted by Gasteiger charge is -2.06. The van der Waals surface area contributed by atoms with E-state index in [4.69, 9.17) is 23.2 Å². The van der Waals surface area contributed by atoms with Gasteiger partial charge in [-0.15, -0.1) is 0 Å². The molecule has 0 saturated carbocycles. The average molecular weight is 217 g/mol. The molecular formula is C5HCl2F3N2. The van der Waals surface area contributed by atoms with Crippen LogP contribution in [-0.4, -0.2) is 9.97 Å². The lowest BCUT2D eigenvalue weighted by atomic mass is 10.4. The Morgan fingerprint density at radius 1 is 1.17 bits per heavy atom. The molecule has 1 rings (SSSR count). The van der Waals surface area contributed by atoms with Crippen LogP contribution in [0.1, 0.15) is 5.69 Å². The van der Waals surface area contributed by atoms with Crippen LogP contribution in [-0.2, 0) is 6.18 Å². The van der Waals surface area contributed by atoms with Gasteiger partial charge < -0.3 is 0 Å². The summed E-state index contributed by atoms with van der Waals surface area (Å²) in [4.78, 5) is 6.23. The van der Waals surface area contributed by atoms with E-state index in [1.165, 1.54) is 0 Å². The van der Waals surface area contributed by atoms with Gasteiger partial charge in [0.2, 0.25) is 0 Å². The summed E-state index contributed by atoms with van der Waals surface area (Å²) in [7, 11) is 0. The number of aromatic nitrogens is 2. The van der Waals surface area contributed by atoms with Crippen molar-refractivity contribution in [2.75, 3.05) is 0 Å². The number of rotatable bonds is 0. The zero-order chi connectivity index (χ0) is 9.35. The van der Waals surface area contributed by atoms with Gasteiger partial charge in [0.1, 0.15) is 11.3 Å². The Hall–Kier alpha value is -0.550. The van der Waals surface area contributed by atoms with Crippen LogP contribution in [0, 0.1) is 0 Å². The summed E-state index contributed by atoms with van der Waals surface area (Å²) in [5.41, 5.74) is -1.22. The third-order valence-electron chi connectivity index (χ3n) is 1.02. The molecule has 66 valence electrons. The van der Waals surface area contributed by atoms with E-state index in [-0.39, 0.29) is 0 Å². The second-order valence-electron chi connectivity index (χ2n) is 1.82. The molecule has 0 unspecified atom stereocenters. The van der Waals surface area contributed by atoms with Crippen LogP contribution in [0.15, 0.2) is 6.33 Å². The second kappa shape index (κ2) is 3.06. The molecule has 0 bridgehead atoms. The Morgan fingerprint density at radius 2 is 1.75 bits per heavy atom. The highest BCUT2D eigenvalue weighted by Gasteiger charge is 2.36. The van der Waals surface area contributed by atoms with Gasteiger partial charge in [0.05, 0.1) is 0 Å². The fourth-order valence-electron chi connectivity index (χ4n) is 0.546. The Morgan fingerprint density at radius 3 is 2.17 bits per heavy atom. The van der Waals surface area contributed by atoms with E-state index in [0.717, 1.165) is 0 Å². The van der Waals surface area contributed by atoms with Crippen molar-refractivity contribution in [3.8, 4) is 0 Å². The standard InChI is InChI=1S/C5HCl2F3N2/c6-2-3(5(8,9)10)11-1-12-4(2)7/h1H. The SMILES string of the molecule is FC(F)(F)c1ncnc(Cl)c1Cl. The Labute approximate surface area is 75.3 Å². The van der Waals surface area contributed by atoms with Gasteiger partial charge in [0.15, 0.2) is 10.8 Å². The molecule has 0 atom stereocenters. The van der Waals surface area contributed by atoms with Crippen molar-refractivity contribution in [1.82, 2.24) is 9.97 Å². The molecule has 0 amide bonds. The fraction of sp³-hybridized carbons (Fsp3) is 0.200. The molecule has 2 nitrogen and oxygen atoms in total. The van der Waals surface area contributed by atoms with Crippen LogP contribution in [0.3, 0.4) is 0 Å². The lowest BCUT2D eigenvalue weighted by molar-refractivity contribution is -0.141. The Balaban J connectivity index is 3.26. The van der Waals surface area contributed by atoms with E-state index in [0.29, 0.717) is 6.33 Å². The Kier molecular flexibility index (Phi) is 2.44. The molecule has 1 aromatic heterocycles. The van der Waals surface area contributed by atoms with Gasteiger partial charge in [-0.1, -0.05) is 23.2 Å². The maximum atomic E-state index is 12.0. The maximum absolute atomic E-state index is 12.0. The molecule has 0 aliphatic heterocycles. The highest BCUT2D eigenvalue weighted by atomic mass is 35.5. The zero-order valence-corrected chi connectivity index (χ0v) is 6.87. The fourth-order valence-corrected chi connectivity index (χ4v) is 0.884. The van der Waals surface area contributed by atoms with Gasteiger partial charge in [-0.3, -0.25) is 0 Å². The number of hydrogen-bond acceptors (Lipinski definition) is 2. The van der Waals surface area contributed by atoms with Crippen LogP contribution >= 0.6 is 23.2 Å². The van der Waals surface area contributed by atoms with Crippen molar-refractivity contribution < 1.29 is 13.2 Å². The predicted octanol–water partition coefficient (Wildman–Crippen LogP) is 2.80. The highest BCUT2D eigenvalue weighted by Crippen LogP contribution is 2.34. The molecule has 12 heavy (non-hydrogen) atoms. The molecule has 1 aromatic rings. The summed E-state index contributed by atoms with van der Waals surface area (Å²) < 4.78 is 36.0. The largest absolute Gasteiger partial charge is 0.435 e. The van der Waals surface area contributed by atoms with E-state index >= 15 is 0 Å². The molecule has 0 aliphatic carbocycles. The van der Waals surface area contributed by atoms with Crippen molar-refractivity contribution in [1.29, 1.82) is 0 Å². The molecule has 0 fully saturated rings. The van der Waals surface area contributed by atoms with Crippen molar-refractivity contribution in [2.24, 2.45) is 0 Å². The first-order valence-electron chi connectivity index (χ1n) is 2.66. The van der Waals surface area contributed by atoms with Gasteiger partial charge in [0, 0.05) is 0 Å². The number of nitrogens with zero attached hydrogens (tertiary/aromatic N) is 2. The first-order chi connectivity index (χ1) is 5.43. The molecule has 0 aromatic carbocycles. The Bertz CT molecular complexity index is 299. The van der Waals surface area contributed by atoms with Crippen molar-refractivity contribution in [2.45, 2.75) is 6.18 Å². The number of alkyl halides is 3. The van der Waals surface area contributed by atoms with Crippen LogP contribution in [0.2, 0.25) is 10.2 Å². The molecule has 7 heteroatoms. The first-order valence-corrected chi connectivity index (χ1v) is 3.41. The minimum atomic E-state index is -4.59. The molecule has 0 N–H and O–H groups in total. The average Bonchev–Trinajstić information content (AvgIpc) is 1.92. The second-order valence-corrected chi connectivity index (χ2v) is 2.56. The van der Waals surface area contributed by atoms with E-state index in [9.17, 15) is 13.2 Å². The normalized spacial score (nSPS) is 11.8. The van der Waals surface area contributed by atoms with Gasteiger partial charge in [-0.25, -0.2) is 9.97 Å². The monoisotopic (exact) mass is 216 g/mol. The van der Waals surface area contributed by atoms with E-state index in [1.807, 2.05) is 0 Å². The lowest BCUT2D eigenvalue weighted by Crippen LogP contribution is -2.09. The molecule has 0 spiro atoms. The van der Waals surface area contributed by atoms with Crippen LogP contribution in [0.4, 0.5) is 13.2 Å². The molecule has 0 saturated heterocycles. The summed E-state index contributed by atoms with van der Waals surface area (Å²) >= 11 is 10.4. The van der Waals surface area contributed by atoms with E-state index < -0.39 is 22.0 Å². The minimum absolute atomic E-state index is 0.404. The molecule has 0 aliphatic rings. The summed E-state index contributed by atoms with van der Waals surface area (Å²) in [6.45, 7) is 0. The summed E-state index contributed by atoms with van der Waals surface area (Å²) in [6.07, 6.45) is -3.89. The number of halogens is 5. The maximum Gasteiger partial charge on any atom is 0.435 e. The summed E-state index contributed by atoms with van der Waals surface area (Å²) in [6, 6.07) is 0. The quantitative estimate of drug-likeness (QED) is 0.624. The van der Waals surface area contributed by atoms with Crippen molar-refractivity contribution in [3.63, 3.8) is 0 Å². The van der Waals surface area contributed by atoms with Gasteiger partial charge in [-0.05, 0) is 0 Å². The van der Waals surface area contributed by atoms with Crippen LogP contribution in [0.25, 0.3) is 0 Å².